The maximum atomic E-state index is 11.7. The van der Waals surface area contributed by atoms with Crippen LogP contribution in [0.2, 0.25) is 0 Å². The predicted octanol–water partition coefficient (Wildman–Crippen LogP) is 0.112. The van der Waals surface area contributed by atoms with Crippen LogP contribution in [0.1, 0.15) is 5.56 Å². The monoisotopic (exact) mass is 282 g/mol. The topological polar surface area (TPSA) is 122 Å². The number of aromatic nitrogens is 2. The number of hydrogen-bond acceptors (Lipinski definition) is 7. The zero-order valence-electron chi connectivity index (χ0n) is 9.61. The van der Waals surface area contributed by atoms with Gasteiger partial charge in [-0.15, -0.1) is 13.5 Å². The average Bonchev–Trinajstić information content (AvgIpc) is 2.62. The molecule has 0 radical (unpaired) electrons. The maximum absolute atomic E-state index is 11.7. The Kier molecular flexibility index (Phi) is 2.32. The first kappa shape index (κ1) is 11.7. The normalized spacial score (nSPS) is 16.2. The lowest BCUT2D eigenvalue weighted by Gasteiger charge is -2.10. The van der Waals surface area contributed by atoms with Crippen molar-refractivity contribution in [1.29, 1.82) is 0 Å². The van der Waals surface area contributed by atoms with Gasteiger partial charge in [0.15, 0.2) is 5.75 Å². The fourth-order valence-corrected chi connectivity index (χ4v) is 2.48. The van der Waals surface area contributed by atoms with Crippen molar-refractivity contribution >= 4 is 21.9 Å². The molecule has 1 aromatic heterocycles. The summed E-state index contributed by atoms with van der Waals surface area (Å²) in [6.45, 7) is 0.227. The van der Waals surface area contributed by atoms with Crippen LogP contribution in [0, 0.1) is 0 Å². The molecular weight excluding hydrogens is 272 g/mol. The third-order valence-electron chi connectivity index (χ3n) is 2.66. The molecule has 8 nitrogen and oxygen atoms in total. The van der Waals surface area contributed by atoms with Gasteiger partial charge in [0.1, 0.15) is 11.5 Å². The summed E-state index contributed by atoms with van der Waals surface area (Å²) >= 11 is 0. The second-order valence-corrected chi connectivity index (χ2v) is 5.09. The molecule has 2 heterocycles. The summed E-state index contributed by atoms with van der Waals surface area (Å²) in [5, 5.41) is 3.91. The van der Waals surface area contributed by atoms with E-state index < -0.39 is 10.4 Å². The summed E-state index contributed by atoms with van der Waals surface area (Å²) in [6, 6.07) is 6.62. The molecule has 2 bridgehead atoms. The van der Waals surface area contributed by atoms with Gasteiger partial charge < -0.3 is 19.8 Å². The minimum atomic E-state index is -4.30. The van der Waals surface area contributed by atoms with E-state index in [9.17, 15) is 8.42 Å². The van der Waals surface area contributed by atoms with Gasteiger partial charge in [0.25, 0.3) is 5.88 Å². The molecule has 0 saturated heterocycles. The van der Waals surface area contributed by atoms with Gasteiger partial charge in [0.2, 0.25) is 0 Å². The van der Waals surface area contributed by atoms with E-state index in [1.165, 1.54) is 10.7 Å². The van der Waals surface area contributed by atoms with E-state index in [4.69, 9.17) is 15.7 Å². The Morgan fingerprint density at radius 3 is 2.74 bits per heavy atom. The summed E-state index contributed by atoms with van der Waals surface area (Å²) in [5.41, 5.74) is 11.9. The van der Waals surface area contributed by atoms with Crippen LogP contribution < -0.4 is 19.8 Å². The Balaban J connectivity index is 2.23. The van der Waals surface area contributed by atoms with Gasteiger partial charge >= 0.3 is 10.4 Å². The Labute approximate surface area is 108 Å². The zero-order chi connectivity index (χ0) is 13.6. The molecule has 0 saturated carbocycles. The standard InChI is InChI=1S/C10H10N4O4S/c11-8-9(12)14-5-6-3-1-2-4-7(6)17-19(15,16)18-10(8)13-14/h1-4H,5,11-12H2. The van der Waals surface area contributed by atoms with Crippen molar-refractivity contribution in [2.45, 2.75) is 6.54 Å². The quantitative estimate of drug-likeness (QED) is 0.703. The van der Waals surface area contributed by atoms with Crippen molar-refractivity contribution in [3.8, 4) is 11.6 Å². The lowest BCUT2D eigenvalue weighted by Crippen LogP contribution is -2.18. The molecule has 19 heavy (non-hydrogen) atoms. The highest BCUT2D eigenvalue weighted by Gasteiger charge is 2.26. The smallest absolute Gasteiger partial charge is 0.391 e. The molecule has 0 fully saturated rings. The molecule has 0 spiro atoms. The zero-order valence-corrected chi connectivity index (χ0v) is 10.4. The van der Waals surface area contributed by atoms with E-state index in [1.54, 1.807) is 18.2 Å². The molecule has 0 aliphatic carbocycles. The van der Waals surface area contributed by atoms with E-state index in [0.29, 0.717) is 5.56 Å². The Morgan fingerprint density at radius 2 is 1.95 bits per heavy atom. The molecule has 2 aromatic rings. The van der Waals surface area contributed by atoms with Crippen LogP contribution in [-0.4, -0.2) is 18.2 Å². The average molecular weight is 282 g/mol. The molecule has 4 N–H and O–H groups in total. The number of hydrogen-bond donors (Lipinski definition) is 2. The lowest BCUT2D eigenvalue weighted by atomic mass is 10.2. The second kappa shape index (κ2) is 3.79. The second-order valence-electron chi connectivity index (χ2n) is 3.94. The molecule has 0 unspecified atom stereocenters. The van der Waals surface area contributed by atoms with Crippen molar-refractivity contribution in [2.75, 3.05) is 11.5 Å². The SMILES string of the molecule is Nc1c2nn(c1N)Cc1ccccc1OS(=O)(=O)O2. The highest BCUT2D eigenvalue weighted by atomic mass is 32.3. The predicted molar refractivity (Wildman–Crippen MR) is 66.8 cm³/mol. The molecule has 0 amide bonds. The summed E-state index contributed by atoms with van der Waals surface area (Å²) in [5.74, 6) is 0.0180. The maximum Gasteiger partial charge on any atom is 0.502 e. The first-order chi connectivity index (χ1) is 8.96. The minimum absolute atomic E-state index is 0.0356. The van der Waals surface area contributed by atoms with Gasteiger partial charge in [-0.05, 0) is 6.07 Å². The van der Waals surface area contributed by atoms with Crippen LogP contribution >= 0.6 is 0 Å². The van der Waals surface area contributed by atoms with E-state index in [-0.39, 0.29) is 29.7 Å². The first-order valence-electron chi connectivity index (χ1n) is 5.30. The number of nitrogen functional groups attached to an aromatic ring is 2. The molecular formula is C10H10N4O4S. The van der Waals surface area contributed by atoms with Gasteiger partial charge in [-0.1, -0.05) is 18.2 Å². The third kappa shape index (κ3) is 1.93. The number of fused-ring (bicyclic) bond motifs is 3. The number of anilines is 2. The van der Waals surface area contributed by atoms with Crippen molar-refractivity contribution in [1.82, 2.24) is 9.78 Å². The summed E-state index contributed by atoms with van der Waals surface area (Å²) < 4.78 is 34.3. The van der Waals surface area contributed by atoms with Crippen LogP contribution in [0.25, 0.3) is 0 Å². The van der Waals surface area contributed by atoms with Crippen LogP contribution in [-0.2, 0) is 16.9 Å². The molecule has 100 valence electrons. The van der Waals surface area contributed by atoms with Crippen LogP contribution in [0.3, 0.4) is 0 Å². The minimum Gasteiger partial charge on any atom is -0.391 e. The molecule has 9 heteroatoms. The number of rotatable bonds is 0. The van der Waals surface area contributed by atoms with Crippen molar-refractivity contribution in [3.05, 3.63) is 29.8 Å². The van der Waals surface area contributed by atoms with E-state index in [1.807, 2.05) is 0 Å². The van der Waals surface area contributed by atoms with Gasteiger partial charge in [-0.2, -0.15) is 0 Å². The molecule has 1 aliphatic rings. The third-order valence-corrected chi connectivity index (χ3v) is 3.41. The van der Waals surface area contributed by atoms with E-state index in [2.05, 4.69) is 9.28 Å². The lowest BCUT2D eigenvalue weighted by molar-refractivity contribution is 0.387. The van der Waals surface area contributed by atoms with Crippen LogP contribution in [0.5, 0.6) is 11.6 Å². The number of nitrogens with two attached hydrogens (primary N) is 2. The summed E-state index contributed by atoms with van der Waals surface area (Å²) in [4.78, 5) is 0. The fourth-order valence-electron chi connectivity index (χ4n) is 1.75. The molecule has 1 aromatic carbocycles. The summed E-state index contributed by atoms with van der Waals surface area (Å²) in [6.07, 6.45) is 0. The summed E-state index contributed by atoms with van der Waals surface area (Å²) in [7, 11) is -4.30. The van der Waals surface area contributed by atoms with Gasteiger partial charge in [-0.25, -0.2) is 4.68 Å². The van der Waals surface area contributed by atoms with Crippen LogP contribution in [0.15, 0.2) is 24.3 Å². The van der Waals surface area contributed by atoms with E-state index in [0.717, 1.165) is 0 Å². The Morgan fingerprint density at radius 1 is 1.21 bits per heavy atom. The Bertz CT molecular complexity index is 753. The van der Waals surface area contributed by atoms with Gasteiger partial charge in [-0.3, -0.25) is 0 Å². The Hall–Kier alpha value is -2.42. The van der Waals surface area contributed by atoms with E-state index >= 15 is 0 Å². The first-order valence-corrected chi connectivity index (χ1v) is 6.63. The number of para-hydroxylation sites is 1. The molecule has 3 rings (SSSR count). The number of nitrogens with zero attached hydrogens (tertiary/aromatic N) is 2. The molecule has 0 atom stereocenters. The van der Waals surface area contributed by atoms with Gasteiger partial charge in [0.05, 0.1) is 6.54 Å². The van der Waals surface area contributed by atoms with Crippen molar-refractivity contribution < 1.29 is 16.8 Å². The van der Waals surface area contributed by atoms with Crippen LogP contribution in [0.4, 0.5) is 11.5 Å². The number of benzene rings is 1. The van der Waals surface area contributed by atoms with Crippen molar-refractivity contribution in [3.63, 3.8) is 0 Å². The molecule has 1 aliphatic heterocycles. The highest BCUT2D eigenvalue weighted by Crippen LogP contribution is 2.32. The largest absolute Gasteiger partial charge is 0.502 e. The fraction of sp³-hybridized carbons (Fsp3) is 0.100. The van der Waals surface area contributed by atoms with Gasteiger partial charge in [0, 0.05) is 5.56 Å². The highest BCUT2D eigenvalue weighted by molar-refractivity contribution is 7.82. The van der Waals surface area contributed by atoms with Crippen molar-refractivity contribution in [2.24, 2.45) is 0 Å².